The maximum atomic E-state index is 11.2. The summed E-state index contributed by atoms with van der Waals surface area (Å²) in [5.74, 6) is 0. The topological polar surface area (TPSA) is 58.4 Å². The summed E-state index contributed by atoms with van der Waals surface area (Å²) in [6.45, 7) is 4.66. The number of hydrogen-bond acceptors (Lipinski definition) is 4. The molecule has 19 heavy (non-hydrogen) atoms. The van der Waals surface area contributed by atoms with Crippen LogP contribution >= 0.6 is 11.6 Å². The zero-order valence-corrected chi connectivity index (χ0v) is 11.7. The molecule has 1 heterocycles. The summed E-state index contributed by atoms with van der Waals surface area (Å²) in [7, 11) is 0. The second kappa shape index (κ2) is 6.21. The molecule has 1 aromatic carbocycles. The van der Waals surface area contributed by atoms with Gasteiger partial charge in [-0.05, 0) is 38.4 Å². The van der Waals surface area contributed by atoms with Gasteiger partial charge in [0.15, 0.2) is 0 Å². The first-order chi connectivity index (χ1) is 9.13. The van der Waals surface area contributed by atoms with Crippen LogP contribution in [0, 0.1) is 10.1 Å². The molecular weight excluding hydrogens is 266 g/mol. The number of nitrogens with zero attached hydrogens (tertiary/aromatic N) is 2. The zero-order chi connectivity index (χ0) is 13.8. The maximum absolute atomic E-state index is 11.2. The van der Waals surface area contributed by atoms with Gasteiger partial charge in [-0.2, -0.15) is 0 Å². The summed E-state index contributed by atoms with van der Waals surface area (Å²) in [5.41, 5.74) is 0.741. The van der Waals surface area contributed by atoms with E-state index in [2.05, 4.69) is 10.2 Å². The van der Waals surface area contributed by atoms with Gasteiger partial charge in [0.1, 0.15) is 5.69 Å². The Morgan fingerprint density at radius 3 is 2.95 bits per heavy atom. The highest BCUT2D eigenvalue weighted by Gasteiger charge is 2.26. The molecule has 1 atom stereocenters. The SMILES string of the molecule is CCN(c1ccc(Cl)cc1[N+](=O)[O-])C1CCCNC1. The smallest absolute Gasteiger partial charge is 0.294 e. The molecule has 0 bridgehead atoms. The van der Waals surface area contributed by atoms with Crippen LogP contribution in [0.5, 0.6) is 0 Å². The molecule has 0 spiro atoms. The average Bonchev–Trinajstić information content (AvgIpc) is 2.42. The maximum Gasteiger partial charge on any atom is 0.294 e. The van der Waals surface area contributed by atoms with Gasteiger partial charge in [-0.25, -0.2) is 0 Å². The Labute approximate surface area is 117 Å². The molecule has 1 fully saturated rings. The molecule has 0 amide bonds. The monoisotopic (exact) mass is 283 g/mol. The van der Waals surface area contributed by atoms with Gasteiger partial charge in [-0.15, -0.1) is 0 Å². The Morgan fingerprint density at radius 2 is 2.37 bits per heavy atom. The molecule has 0 radical (unpaired) electrons. The molecule has 1 aliphatic rings. The van der Waals surface area contributed by atoms with Crippen molar-refractivity contribution in [1.82, 2.24) is 5.32 Å². The molecule has 6 heteroatoms. The third-order valence-electron chi connectivity index (χ3n) is 3.50. The first kappa shape index (κ1) is 14.1. The largest absolute Gasteiger partial charge is 0.362 e. The van der Waals surface area contributed by atoms with Crippen molar-refractivity contribution in [1.29, 1.82) is 0 Å². The van der Waals surface area contributed by atoms with E-state index in [1.54, 1.807) is 12.1 Å². The fraction of sp³-hybridized carbons (Fsp3) is 0.538. The first-order valence-electron chi connectivity index (χ1n) is 6.54. The van der Waals surface area contributed by atoms with E-state index in [4.69, 9.17) is 11.6 Å². The lowest BCUT2D eigenvalue weighted by atomic mass is 10.0. The Balaban J connectivity index is 2.34. The molecule has 0 aromatic heterocycles. The van der Waals surface area contributed by atoms with Crippen molar-refractivity contribution >= 4 is 23.0 Å². The minimum Gasteiger partial charge on any atom is -0.362 e. The zero-order valence-electron chi connectivity index (χ0n) is 10.9. The quantitative estimate of drug-likeness (QED) is 0.682. The van der Waals surface area contributed by atoms with Crippen LogP contribution in [0.25, 0.3) is 0 Å². The second-order valence-electron chi connectivity index (χ2n) is 4.68. The van der Waals surface area contributed by atoms with Crippen LogP contribution in [0.1, 0.15) is 19.8 Å². The third kappa shape index (κ3) is 3.16. The summed E-state index contributed by atoms with van der Waals surface area (Å²) < 4.78 is 0. The van der Waals surface area contributed by atoms with Crippen molar-refractivity contribution in [3.63, 3.8) is 0 Å². The van der Waals surface area contributed by atoms with Crippen LogP contribution in [-0.4, -0.2) is 30.6 Å². The number of rotatable bonds is 4. The minimum absolute atomic E-state index is 0.0833. The molecule has 1 unspecified atom stereocenters. The molecule has 0 aliphatic carbocycles. The number of nitrogens with one attached hydrogen (secondary N) is 1. The number of likely N-dealkylation sites (N-methyl/N-ethyl adjacent to an activating group) is 1. The van der Waals surface area contributed by atoms with Crippen molar-refractivity contribution in [3.8, 4) is 0 Å². The predicted octanol–water partition coefficient (Wildman–Crippen LogP) is 2.83. The van der Waals surface area contributed by atoms with Gasteiger partial charge in [-0.3, -0.25) is 10.1 Å². The van der Waals surface area contributed by atoms with Crippen molar-refractivity contribution in [2.24, 2.45) is 0 Å². The summed E-state index contributed by atoms with van der Waals surface area (Å²) in [4.78, 5) is 12.9. The highest BCUT2D eigenvalue weighted by atomic mass is 35.5. The number of nitro benzene ring substituents is 1. The first-order valence-corrected chi connectivity index (χ1v) is 6.92. The van der Waals surface area contributed by atoms with E-state index in [9.17, 15) is 10.1 Å². The van der Waals surface area contributed by atoms with Crippen LogP contribution in [0.2, 0.25) is 5.02 Å². The van der Waals surface area contributed by atoms with Crippen molar-refractivity contribution < 1.29 is 4.92 Å². The molecule has 1 aromatic rings. The molecule has 1 aliphatic heterocycles. The number of piperidine rings is 1. The number of hydrogen-bond donors (Lipinski definition) is 1. The molecule has 104 valence electrons. The van der Waals surface area contributed by atoms with Gasteiger partial charge >= 0.3 is 0 Å². The lowest BCUT2D eigenvalue weighted by molar-refractivity contribution is -0.384. The third-order valence-corrected chi connectivity index (χ3v) is 3.73. The van der Waals surface area contributed by atoms with Crippen molar-refractivity contribution in [3.05, 3.63) is 33.3 Å². The molecule has 1 N–H and O–H groups in total. The van der Waals surface area contributed by atoms with E-state index in [-0.39, 0.29) is 10.6 Å². The van der Waals surface area contributed by atoms with Crippen LogP contribution in [0.3, 0.4) is 0 Å². The lowest BCUT2D eigenvalue weighted by Gasteiger charge is -2.35. The van der Waals surface area contributed by atoms with Gasteiger partial charge in [0.05, 0.1) is 4.92 Å². The number of halogens is 1. The Hall–Kier alpha value is -1.33. The molecule has 1 saturated heterocycles. The standard InChI is InChI=1S/C13H18ClN3O2/c1-2-16(11-4-3-7-15-9-11)12-6-5-10(14)8-13(12)17(18)19/h5-6,8,11,15H,2-4,7,9H2,1H3. The van der Waals surface area contributed by atoms with Crippen molar-refractivity contribution in [2.45, 2.75) is 25.8 Å². The summed E-state index contributed by atoms with van der Waals surface area (Å²) in [6, 6.07) is 5.19. The van der Waals surface area contributed by atoms with Gasteiger partial charge in [0.25, 0.3) is 5.69 Å². The molecule has 2 rings (SSSR count). The van der Waals surface area contributed by atoms with Gasteiger partial charge < -0.3 is 10.2 Å². The molecule has 0 saturated carbocycles. The fourth-order valence-corrected chi connectivity index (χ4v) is 2.78. The molecular formula is C13H18ClN3O2. The molecule has 5 nitrogen and oxygen atoms in total. The summed E-state index contributed by atoms with van der Waals surface area (Å²) >= 11 is 5.86. The predicted molar refractivity (Wildman–Crippen MR) is 77.0 cm³/mol. The van der Waals surface area contributed by atoms with Crippen molar-refractivity contribution in [2.75, 3.05) is 24.5 Å². The van der Waals surface area contributed by atoms with E-state index < -0.39 is 0 Å². The van der Waals surface area contributed by atoms with Gasteiger partial charge in [-0.1, -0.05) is 11.6 Å². The van der Waals surface area contributed by atoms with E-state index in [1.165, 1.54) is 6.07 Å². The average molecular weight is 284 g/mol. The fourth-order valence-electron chi connectivity index (χ4n) is 2.61. The Kier molecular flexibility index (Phi) is 4.61. The van der Waals surface area contributed by atoms with Crippen LogP contribution < -0.4 is 10.2 Å². The summed E-state index contributed by atoms with van der Waals surface area (Å²) in [6.07, 6.45) is 2.16. The Bertz CT molecular complexity index is 461. The normalized spacial score (nSPS) is 19.2. The van der Waals surface area contributed by atoms with Crippen LogP contribution in [-0.2, 0) is 0 Å². The summed E-state index contributed by atoms with van der Waals surface area (Å²) in [5, 5.41) is 14.9. The van der Waals surface area contributed by atoms with E-state index in [1.807, 2.05) is 6.92 Å². The highest BCUT2D eigenvalue weighted by molar-refractivity contribution is 6.30. The number of benzene rings is 1. The van der Waals surface area contributed by atoms with Crippen LogP contribution in [0.15, 0.2) is 18.2 Å². The number of anilines is 1. The van der Waals surface area contributed by atoms with Crippen LogP contribution in [0.4, 0.5) is 11.4 Å². The van der Waals surface area contributed by atoms with E-state index >= 15 is 0 Å². The minimum atomic E-state index is -0.361. The van der Waals surface area contributed by atoms with Gasteiger partial charge in [0.2, 0.25) is 0 Å². The Morgan fingerprint density at radius 1 is 1.58 bits per heavy atom. The van der Waals surface area contributed by atoms with E-state index in [0.717, 1.165) is 32.5 Å². The second-order valence-corrected chi connectivity index (χ2v) is 5.11. The number of nitro groups is 1. The lowest BCUT2D eigenvalue weighted by Crippen LogP contribution is -2.46. The highest BCUT2D eigenvalue weighted by Crippen LogP contribution is 2.33. The van der Waals surface area contributed by atoms with E-state index in [0.29, 0.717) is 16.8 Å². The van der Waals surface area contributed by atoms with Gasteiger partial charge in [0, 0.05) is 30.2 Å².